The third-order valence-corrected chi connectivity index (χ3v) is 7.36. The number of benzene rings is 1. The molecular weight excluding hydrogens is 472 g/mol. The van der Waals surface area contributed by atoms with Crippen molar-refractivity contribution < 1.29 is 27.5 Å². The lowest BCUT2D eigenvalue weighted by Crippen LogP contribution is -2.53. The second kappa shape index (κ2) is 10.0. The van der Waals surface area contributed by atoms with Crippen LogP contribution in [-0.2, 0) is 24.3 Å². The molecule has 0 radical (unpaired) electrons. The van der Waals surface area contributed by atoms with Crippen molar-refractivity contribution in [2.75, 3.05) is 49.4 Å². The number of amides is 2. The van der Waals surface area contributed by atoms with Crippen LogP contribution in [-0.4, -0.2) is 77.5 Å². The van der Waals surface area contributed by atoms with E-state index in [-0.39, 0.29) is 29.8 Å². The highest BCUT2D eigenvalue weighted by atomic mass is 32.2. The maximum absolute atomic E-state index is 13.7. The summed E-state index contributed by atoms with van der Waals surface area (Å²) in [6.45, 7) is 5.51. The fourth-order valence-electron chi connectivity index (χ4n) is 4.86. The molecule has 1 saturated carbocycles. The standard InChI is InChI=1S/C24H36N4O6S/c1-24(2)23(30)27(10-5-11-33-3)20-13-19(8-9-21(20)34-24)28(18-6-7-18)22(29)16-12-17(15-25-14-16)26-35(4,31)32/h8-9,13,16-18,25-26H,5-7,10-12,14-15H2,1-4H3/t16?,17-/m0/s1. The third kappa shape index (κ3) is 5.96. The number of ether oxygens (including phenoxy) is 2. The number of carbonyl (C=O) groups is 2. The Labute approximate surface area is 207 Å². The molecule has 194 valence electrons. The Morgan fingerprint density at radius 2 is 2.06 bits per heavy atom. The van der Waals surface area contributed by atoms with Gasteiger partial charge in [0.1, 0.15) is 5.75 Å². The first-order valence-corrected chi connectivity index (χ1v) is 14.0. The summed E-state index contributed by atoms with van der Waals surface area (Å²) in [5, 5.41) is 3.20. The Balaban J connectivity index is 1.60. The second-order valence-electron chi connectivity index (χ2n) is 10.2. The van der Waals surface area contributed by atoms with Gasteiger partial charge in [-0.25, -0.2) is 13.1 Å². The van der Waals surface area contributed by atoms with Crippen LogP contribution in [0, 0.1) is 5.92 Å². The van der Waals surface area contributed by atoms with E-state index in [4.69, 9.17) is 9.47 Å². The molecule has 1 unspecified atom stereocenters. The molecule has 0 aromatic heterocycles. The van der Waals surface area contributed by atoms with E-state index in [1.807, 2.05) is 23.1 Å². The van der Waals surface area contributed by atoms with Crippen LogP contribution in [0.2, 0.25) is 0 Å². The summed E-state index contributed by atoms with van der Waals surface area (Å²) in [5.41, 5.74) is 0.394. The molecule has 0 bridgehead atoms. The number of nitrogens with zero attached hydrogens (tertiary/aromatic N) is 2. The molecule has 11 heteroatoms. The minimum absolute atomic E-state index is 0.0331. The van der Waals surface area contributed by atoms with Crippen molar-refractivity contribution in [2.45, 2.75) is 57.2 Å². The van der Waals surface area contributed by atoms with Crippen LogP contribution in [0.3, 0.4) is 0 Å². The number of piperidine rings is 1. The third-order valence-electron chi connectivity index (χ3n) is 6.60. The number of hydrogen-bond donors (Lipinski definition) is 2. The van der Waals surface area contributed by atoms with E-state index in [2.05, 4.69) is 10.0 Å². The largest absolute Gasteiger partial charge is 0.476 e. The molecule has 2 amide bonds. The summed E-state index contributed by atoms with van der Waals surface area (Å²) in [7, 11) is -1.73. The average Bonchev–Trinajstić information content (AvgIpc) is 3.61. The monoisotopic (exact) mass is 508 g/mol. The molecule has 0 spiro atoms. The maximum Gasteiger partial charge on any atom is 0.270 e. The zero-order chi connectivity index (χ0) is 25.4. The molecule has 1 aliphatic carbocycles. The van der Waals surface area contributed by atoms with Crippen LogP contribution in [0.5, 0.6) is 5.75 Å². The van der Waals surface area contributed by atoms with E-state index in [0.29, 0.717) is 50.5 Å². The number of sulfonamides is 1. The molecule has 1 aromatic carbocycles. The zero-order valence-corrected chi connectivity index (χ0v) is 21.7. The number of fused-ring (bicyclic) bond motifs is 1. The highest BCUT2D eigenvalue weighted by Crippen LogP contribution is 2.42. The molecule has 2 aliphatic heterocycles. The lowest BCUT2D eigenvalue weighted by molar-refractivity contribution is -0.132. The molecular formula is C24H36N4O6S. The lowest BCUT2D eigenvalue weighted by Gasteiger charge is -2.40. The van der Waals surface area contributed by atoms with E-state index >= 15 is 0 Å². The van der Waals surface area contributed by atoms with Crippen molar-refractivity contribution in [3.63, 3.8) is 0 Å². The summed E-state index contributed by atoms with van der Waals surface area (Å²) in [5.74, 6) is 0.0907. The highest BCUT2D eigenvalue weighted by Gasteiger charge is 2.43. The van der Waals surface area contributed by atoms with Crippen LogP contribution in [0.25, 0.3) is 0 Å². The van der Waals surface area contributed by atoms with E-state index in [9.17, 15) is 18.0 Å². The lowest BCUT2D eigenvalue weighted by atomic mass is 9.94. The van der Waals surface area contributed by atoms with Crippen LogP contribution < -0.4 is 24.6 Å². The van der Waals surface area contributed by atoms with Crippen molar-refractivity contribution in [3.05, 3.63) is 18.2 Å². The van der Waals surface area contributed by atoms with Crippen LogP contribution in [0.1, 0.15) is 39.5 Å². The Kier molecular flexibility index (Phi) is 7.42. The summed E-state index contributed by atoms with van der Waals surface area (Å²) < 4.78 is 37.2. The van der Waals surface area contributed by atoms with Gasteiger partial charge in [-0.05, 0) is 57.7 Å². The van der Waals surface area contributed by atoms with Gasteiger partial charge >= 0.3 is 0 Å². The van der Waals surface area contributed by atoms with Gasteiger partial charge in [0.25, 0.3) is 5.91 Å². The first-order valence-electron chi connectivity index (χ1n) is 12.1. The predicted octanol–water partition coefficient (Wildman–Crippen LogP) is 1.25. The number of rotatable bonds is 9. The molecule has 2 fully saturated rings. The number of hydrogen-bond acceptors (Lipinski definition) is 7. The Morgan fingerprint density at radius 1 is 1.31 bits per heavy atom. The number of anilines is 2. The molecule has 4 rings (SSSR count). The van der Waals surface area contributed by atoms with Crippen molar-refractivity contribution in [2.24, 2.45) is 5.92 Å². The van der Waals surface area contributed by atoms with Crippen molar-refractivity contribution in [3.8, 4) is 5.75 Å². The van der Waals surface area contributed by atoms with Gasteiger partial charge in [0.15, 0.2) is 5.60 Å². The van der Waals surface area contributed by atoms with Crippen LogP contribution in [0.4, 0.5) is 11.4 Å². The van der Waals surface area contributed by atoms with Gasteiger partial charge in [-0.1, -0.05) is 0 Å². The van der Waals surface area contributed by atoms with Crippen LogP contribution in [0.15, 0.2) is 18.2 Å². The predicted molar refractivity (Wildman–Crippen MR) is 133 cm³/mol. The normalized spacial score (nSPS) is 24.0. The number of nitrogens with one attached hydrogen (secondary N) is 2. The van der Waals surface area contributed by atoms with Gasteiger partial charge in [-0.15, -0.1) is 0 Å². The fraction of sp³-hybridized carbons (Fsp3) is 0.667. The molecule has 10 nitrogen and oxygen atoms in total. The average molecular weight is 509 g/mol. The number of carbonyl (C=O) groups excluding carboxylic acids is 2. The first-order chi connectivity index (χ1) is 16.5. The van der Waals surface area contributed by atoms with E-state index in [1.165, 1.54) is 0 Å². The van der Waals surface area contributed by atoms with Gasteiger partial charge in [0, 0.05) is 51.1 Å². The van der Waals surface area contributed by atoms with E-state index in [1.54, 1.807) is 25.9 Å². The van der Waals surface area contributed by atoms with Gasteiger partial charge in [0.05, 0.1) is 17.9 Å². The summed E-state index contributed by atoms with van der Waals surface area (Å²) in [6.07, 6.45) is 4.06. The Hall–Kier alpha value is -2.21. The molecule has 3 aliphatic rings. The minimum Gasteiger partial charge on any atom is -0.476 e. The van der Waals surface area contributed by atoms with Crippen molar-refractivity contribution in [1.29, 1.82) is 0 Å². The summed E-state index contributed by atoms with van der Waals surface area (Å²) >= 11 is 0. The quantitative estimate of drug-likeness (QED) is 0.482. The Morgan fingerprint density at radius 3 is 2.71 bits per heavy atom. The second-order valence-corrected chi connectivity index (χ2v) is 12.0. The van der Waals surface area contributed by atoms with Gasteiger partial charge < -0.3 is 24.6 Å². The van der Waals surface area contributed by atoms with Crippen molar-refractivity contribution >= 4 is 33.2 Å². The van der Waals surface area contributed by atoms with E-state index < -0.39 is 15.6 Å². The first kappa shape index (κ1) is 25.9. The molecule has 1 saturated heterocycles. The summed E-state index contributed by atoms with van der Waals surface area (Å²) in [4.78, 5) is 30.4. The molecule has 2 heterocycles. The highest BCUT2D eigenvalue weighted by molar-refractivity contribution is 7.88. The topological polar surface area (TPSA) is 117 Å². The van der Waals surface area contributed by atoms with Crippen molar-refractivity contribution in [1.82, 2.24) is 10.0 Å². The van der Waals surface area contributed by atoms with Gasteiger partial charge in [0.2, 0.25) is 15.9 Å². The van der Waals surface area contributed by atoms with Crippen LogP contribution >= 0.6 is 0 Å². The molecule has 1 aromatic rings. The van der Waals surface area contributed by atoms with Gasteiger partial charge in [-0.3, -0.25) is 9.59 Å². The zero-order valence-electron chi connectivity index (χ0n) is 20.9. The summed E-state index contributed by atoms with van der Waals surface area (Å²) in [6, 6.07) is 5.34. The van der Waals surface area contributed by atoms with E-state index in [0.717, 1.165) is 24.8 Å². The Bertz CT molecular complexity index is 1070. The fourth-order valence-corrected chi connectivity index (χ4v) is 5.65. The molecule has 35 heavy (non-hydrogen) atoms. The van der Waals surface area contributed by atoms with Gasteiger partial charge in [-0.2, -0.15) is 0 Å². The molecule has 2 atom stereocenters. The number of methoxy groups -OCH3 is 1. The smallest absolute Gasteiger partial charge is 0.270 e. The molecule has 2 N–H and O–H groups in total. The SMILES string of the molecule is COCCCN1C(=O)C(C)(C)Oc2ccc(N(C(=O)C3CNC[C@@H](NS(C)(=O)=O)C3)C3CC3)cc21. The minimum atomic E-state index is -3.37. The maximum atomic E-state index is 13.7.